The molecule has 0 saturated heterocycles. The number of carbonyl (C=O) groups is 2. The SMILES string of the molecule is Cc1ccc(C(=O)N/C(=C/c2ccc(-c3ccc([N+](=O)[O-])cc3)o2)C(=O)NCCCN(C)C)cc1. The first-order valence-corrected chi connectivity index (χ1v) is 11.1. The normalized spacial score (nSPS) is 11.4. The topological polar surface area (TPSA) is 118 Å². The Bertz CT molecular complexity index is 1210. The molecule has 9 heteroatoms. The van der Waals surface area contributed by atoms with Crippen LogP contribution in [0.5, 0.6) is 0 Å². The number of nitrogens with zero attached hydrogens (tertiary/aromatic N) is 2. The van der Waals surface area contributed by atoms with E-state index in [0.717, 1.165) is 18.5 Å². The summed E-state index contributed by atoms with van der Waals surface area (Å²) in [4.78, 5) is 38.1. The number of nitrogens with one attached hydrogen (secondary N) is 2. The Balaban J connectivity index is 1.81. The molecule has 3 rings (SSSR count). The zero-order valence-electron chi connectivity index (χ0n) is 19.9. The van der Waals surface area contributed by atoms with Crippen molar-refractivity contribution in [2.75, 3.05) is 27.2 Å². The number of hydrogen-bond donors (Lipinski definition) is 2. The van der Waals surface area contributed by atoms with Gasteiger partial charge in [0, 0.05) is 35.9 Å². The summed E-state index contributed by atoms with van der Waals surface area (Å²) in [6.45, 7) is 3.18. The van der Waals surface area contributed by atoms with Crippen LogP contribution in [0.1, 0.15) is 28.1 Å². The molecule has 0 saturated carbocycles. The summed E-state index contributed by atoms with van der Waals surface area (Å²) in [5.74, 6) is -0.0258. The molecule has 182 valence electrons. The summed E-state index contributed by atoms with van der Waals surface area (Å²) in [5.41, 5.74) is 2.12. The summed E-state index contributed by atoms with van der Waals surface area (Å²) in [6, 6.07) is 16.3. The quantitative estimate of drug-likeness (QED) is 0.198. The van der Waals surface area contributed by atoms with Crippen molar-refractivity contribution in [1.82, 2.24) is 15.5 Å². The number of rotatable bonds is 10. The average Bonchev–Trinajstić information content (AvgIpc) is 3.30. The minimum atomic E-state index is -0.472. The van der Waals surface area contributed by atoms with Crippen LogP contribution in [0.3, 0.4) is 0 Å². The number of nitro benzene ring substituents is 1. The highest BCUT2D eigenvalue weighted by molar-refractivity contribution is 6.05. The van der Waals surface area contributed by atoms with Crippen LogP contribution in [-0.2, 0) is 4.79 Å². The van der Waals surface area contributed by atoms with E-state index in [4.69, 9.17) is 4.42 Å². The molecular weight excluding hydrogens is 448 g/mol. The lowest BCUT2D eigenvalue weighted by atomic mass is 10.1. The number of furan rings is 1. The Morgan fingerprint density at radius 1 is 1.03 bits per heavy atom. The van der Waals surface area contributed by atoms with Gasteiger partial charge in [0.2, 0.25) is 0 Å². The molecule has 0 fully saturated rings. The fourth-order valence-corrected chi connectivity index (χ4v) is 3.23. The lowest BCUT2D eigenvalue weighted by Crippen LogP contribution is -2.36. The predicted octanol–water partition coefficient (Wildman–Crippen LogP) is 4.00. The van der Waals surface area contributed by atoms with Crippen molar-refractivity contribution < 1.29 is 18.9 Å². The third-order valence-electron chi connectivity index (χ3n) is 5.15. The zero-order valence-corrected chi connectivity index (χ0v) is 19.9. The van der Waals surface area contributed by atoms with Crippen LogP contribution < -0.4 is 10.6 Å². The minimum absolute atomic E-state index is 0.0209. The van der Waals surface area contributed by atoms with Gasteiger partial charge in [0.25, 0.3) is 17.5 Å². The van der Waals surface area contributed by atoms with Crippen molar-refractivity contribution in [2.24, 2.45) is 0 Å². The van der Waals surface area contributed by atoms with Gasteiger partial charge in [-0.2, -0.15) is 0 Å². The molecule has 0 atom stereocenters. The van der Waals surface area contributed by atoms with Gasteiger partial charge in [0.15, 0.2) is 0 Å². The minimum Gasteiger partial charge on any atom is -0.457 e. The van der Waals surface area contributed by atoms with E-state index in [1.165, 1.54) is 18.2 Å². The number of non-ortho nitro benzene ring substituents is 1. The second kappa shape index (κ2) is 11.8. The molecule has 35 heavy (non-hydrogen) atoms. The number of nitro groups is 1. The molecule has 1 aromatic heterocycles. The maximum Gasteiger partial charge on any atom is 0.269 e. The smallest absolute Gasteiger partial charge is 0.269 e. The first-order chi connectivity index (χ1) is 16.7. The van der Waals surface area contributed by atoms with Crippen LogP contribution in [0, 0.1) is 17.0 Å². The lowest BCUT2D eigenvalue weighted by molar-refractivity contribution is -0.384. The predicted molar refractivity (Wildman–Crippen MR) is 134 cm³/mol. The lowest BCUT2D eigenvalue weighted by Gasteiger charge is -2.12. The highest BCUT2D eigenvalue weighted by Gasteiger charge is 2.16. The van der Waals surface area contributed by atoms with Gasteiger partial charge in [0.1, 0.15) is 17.2 Å². The summed E-state index contributed by atoms with van der Waals surface area (Å²) < 4.78 is 5.83. The summed E-state index contributed by atoms with van der Waals surface area (Å²) >= 11 is 0. The van der Waals surface area contributed by atoms with Crippen LogP contribution in [0.25, 0.3) is 17.4 Å². The maximum atomic E-state index is 12.9. The summed E-state index contributed by atoms with van der Waals surface area (Å²) in [7, 11) is 3.91. The Hall–Kier alpha value is -4.24. The van der Waals surface area contributed by atoms with Gasteiger partial charge in [-0.1, -0.05) is 17.7 Å². The molecule has 3 aromatic rings. The highest BCUT2D eigenvalue weighted by Crippen LogP contribution is 2.25. The molecule has 0 bridgehead atoms. The van der Waals surface area contributed by atoms with Crippen LogP contribution in [0.15, 0.2) is 70.8 Å². The Morgan fingerprint density at radius 2 is 1.71 bits per heavy atom. The molecule has 0 spiro atoms. The van der Waals surface area contributed by atoms with E-state index in [9.17, 15) is 19.7 Å². The highest BCUT2D eigenvalue weighted by atomic mass is 16.6. The Morgan fingerprint density at radius 3 is 2.34 bits per heavy atom. The van der Waals surface area contributed by atoms with Crippen molar-refractivity contribution in [1.29, 1.82) is 0 Å². The number of hydrogen-bond acceptors (Lipinski definition) is 6. The summed E-state index contributed by atoms with van der Waals surface area (Å²) in [6.07, 6.45) is 2.21. The largest absolute Gasteiger partial charge is 0.457 e. The molecule has 2 amide bonds. The van der Waals surface area contributed by atoms with Gasteiger partial charge >= 0.3 is 0 Å². The molecule has 0 aliphatic carbocycles. The van der Waals surface area contributed by atoms with Gasteiger partial charge in [-0.05, 0) is 70.4 Å². The zero-order chi connectivity index (χ0) is 25.4. The van der Waals surface area contributed by atoms with Crippen molar-refractivity contribution in [3.05, 3.63) is 93.4 Å². The first kappa shape index (κ1) is 25.4. The van der Waals surface area contributed by atoms with Gasteiger partial charge < -0.3 is 20.0 Å². The first-order valence-electron chi connectivity index (χ1n) is 11.1. The third kappa shape index (κ3) is 7.38. The monoisotopic (exact) mass is 476 g/mol. The number of benzene rings is 2. The van der Waals surface area contributed by atoms with Gasteiger partial charge in [-0.25, -0.2) is 0 Å². The summed E-state index contributed by atoms with van der Waals surface area (Å²) in [5, 5.41) is 16.4. The molecular formula is C26H28N4O5. The second-order valence-corrected chi connectivity index (χ2v) is 8.30. The molecule has 0 aliphatic heterocycles. The Kier molecular flexibility index (Phi) is 8.53. The van der Waals surface area contributed by atoms with E-state index in [-0.39, 0.29) is 11.4 Å². The maximum absolute atomic E-state index is 12.9. The molecule has 2 N–H and O–H groups in total. The van der Waals surface area contributed by atoms with Gasteiger partial charge in [-0.3, -0.25) is 19.7 Å². The second-order valence-electron chi connectivity index (χ2n) is 8.30. The Labute approximate surface area is 203 Å². The average molecular weight is 477 g/mol. The van der Waals surface area contributed by atoms with Crippen molar-refractivity contribution in [3.63, 3.8) is 0 Å². The van der Waals surface area contributed by atoms with Crippen LogP contribution in [-0.4, -0.2) is 48.8 Å². The standard InChI is InChI=1S/C26H28N4O5/c1-18-5-7-20(8-6-18)25(31)28-23(26(32)27-15-4-16-29(2)3)17-22-13-14-24(35-22)19-9-11-21(12-10-19)30(33)34/h5-14,17H,4,15-16H2,1-3H3,(H,27,32)(H,28,31)/b23-17+. The molecule has 0 unspecified atom stereocenters. The van der Waals surface area contributed by atoms with Crippen LogP contribution in [0.2, 0.25) is 0 Å². The van der Waals surface area contributed by atoms with Crippen molar-refractivity contribution in [3.8, 4) is 11.3 Å². The molecule has 0 radical (unpaired) electrons. The molecule has 0 aliphatic rings. The van der Waals surface area contributed by atoms with Crippen molar-refractivity contribution in [2.45, 2.75) is 13.3 Å². The molecule has 1 heterocycles. The third-order valence-corrected chi connectivity index (χ3v) is 5.15. The van der Waals surface area contributed by atoms with Gasteiger partial charge in [-0.15, -0.1) is 0 Å². The number of aryl methyl sites for hydroxylation is 1. The van der Waals surface area contributed by atoms with E-state index in [0.29, 0.717) is 29.2 Å². The molecule has 2 aromatic carbocycles. The van der Waals surface area contributed by atoms with E-state index < -0.39 is 16.7 Å². The van der Waals surface area contributed by atoms with Crippen LogP contribution >= 0.6 is 0 Å². The van der Waals surface area contributed by atoms with Crippen LogP contribution in [0.4, 0.5) is 5.69 Å². The number of carbonyl (C=O) groups excluding carboxylic acids is 2. The van der Waals surface area contributed by atoms with E-state index in [1.807, 2.05) is 38.1 Å². The van der Waals surface area contributed by atoms with Gasteiger partial charge in [0.05, 0.1) is 4.92 Å². The number of amides is 2. The fourth-order valence-electron chi connectivity index (χ4n) is 3.23. The fraction of sp³-hybridized carbons (Fsp3) is 0.231. The van der Waals surface area contributed by atoms with E-state index in [1.54, 1.807) is 36.4 Å². The molecule has 9 nitrogen and oxygen atoms in total. The van der Waals surface area contributed by atoms with E-state index in [2.05, 4.69) is 10.6 Å². The van der Waals surface area contributed by atoms with E-state index >= 15 is 0 Å². The van der Waals surface area contributed by atoms with Crippen molar-refractivity contribution >= 4 is 23.6 Å².